The fourth-order valence-electron chi connectivity index (χ4n) is 1.76. The maximum Gasteiger partial charge on any atom is 0.262 e. The van der Waals surface area contributed by atoms with Crippen LogP contribution >= 0.6 is 11.6 Å². The average molecular weight is 312 g/mol. The highest BCUT2D eigenvalue weighted by Crippen LogP contribution is 2.24. The van der Waals surface area contributed by atoms with Gasteiger partial charge in [-0.05, 0) is 49.2 Å². The maximum atomic E-state index is 12.3. The van der Waals surface area contributed by atoms with Gasteiger partial charge >= 0.3 is 0 Å². The molecule has 0 saturated carbocycles. The van der Waals surface area contributed by atoms with Gasteiger partial charge in [0.2, 0.25) is 0 Å². The van der Waals surface area contributed by atoms with Crippen molar-refractivity contribution in [2.24, 2.45) is 0 Å². The molecule has 0 radical (unpaired) electrons. The number of sulfonamides is 1. The van der Waals surface area contributed by atoms with Crippen molar-refractivity contribution in [3.05, 3.63) is 46.7 Å². The largest absolute Gasteiger partial charge is 0.399 e. The van der Waals surface area contributed by atoms with Crippen LogP contribution in [0.25, 0.3) is 0 Å². The van der Waals surface area contributed by atoms with Gasteiger partial charge in [0.25, 0.3) is 10.0 Å². The van der Waals surface area contributed by atoms with E-state index in [2.05, 4.69) is 9.71 Å². The van der Waals surface area contributed by atoms with Gasteiger partial charge in [-0.25, -0.2) is 13.4 Å². The molecule has 7 heteroatoms. The monoisotopic (exact) mass is 311 g/mol. The molecular formula is C13H14ClN3O2S. The lowest BCUT2D eigenvalue weighted by Crippen LogP contribution is -2.14. The number of aromatic nitrogens is 1. The van der Waals surface area contributed by atoms with Crippen molar-refractivity contribution in [2.75, 3.05) is 10.5 Å². The van der Waals surface area contributed by atoms with Gasteiger partial charge in [0.1, 0.15) is 0 Å². The lowest BCUT2D eigenvalue weighted by Gasteiger charge is -2.11. The Labute approximate surface area is 122 Å². The fourth-order valence-corrected chi connectivity index (χ4v) is 3.16. The molecule has 106 valence electrons. The molecule has 0 saturated heterocycles. The van der Waals surface area contributed by atoms with E-state index in [0.29, 0.717) is 5.69 Å². The molecule has 1 aromatic heterocycles. The SMILES string of the molecule is Cc1cc(N)cc(S(=O)(=O)Nc2cc(C)cnc2Cl)c1. The zero-order valence-electron chi connectivity index (χ0n) is 11.0. The van der Waals surface area contributed by atoms with E-state index in [1.807, 2.05) is 0 Å². The predicted octanol–water partition coefficient (Wildman–Crippen LogP) is 2.73. The van der Waals surface area contributed by atoms with E-state index in [4.69, 9.17) is 17.3 Å². The van der Waals surface area contributed by atoms with Gasteiger partial charge in [-0.3, -0.25) is 4.72 Å². The quantitative estimate of drug-likeness (QED) is 0.674. The highest BCUT2D eigenvalue weighted by molar-refractivity contribution is 7.92. The summed E-state index contributed by atoms with van der Waals surface area (Å²) in [7, 11) is -3.75. The van der Waals surface area contributed by atoms with Crippen LogP contribution in [0.4, 0.5) is 11.4 Å². The standard InChI is InChI=1S/C13H14ClN3O2S/c1-8-3-10(15)6-11(4-8)20(18,19)17-12-5-9(2)7-16-13(12)14/h3-7,17H,15H2,1-2H3. The summed E-state index contributed by atoms with van der Waals surface area (Å²) in [5, 5.41) is 0.0970. The molecule has 0 fully saturated rings. The molecular weight excluding hydrogens is 298 g/mol. The molecule has 1 aromatic carbocycles. The molecule has 0 spiro atoms. The van der Waals surface area contributed by atoms with Crippen LogP contribution < -0.4 is 10.5 Å². The van der Waals surface area contributed by atoms with Gasteiger partial charge in [-0.2, -0.15) is 0 Å². The fraction of sp³-hybridized carbons (Fsp3) is 0.154. The third-order valence-corrected chi connectivity index (χ3v) is 4.25. The van der Waals surface area contributed by atoms with Gasteiger partial charge in [0.05, 0.1) is 10.6 Å². The number of anilines is 2. The summed E-state index contributed by atoms with van der Waals surface area (Å²) in [6, 6.07) is 6.24. The smallest absolute Gasteiger partial charge is 0.262 e. The Morgan fingerprint density at radius 1 is 1.15 bits per heavy atom. The first-order chi connectivity index (χ1) is 9.28. The molecule has 3 N–H and O–H groups in total. The van der Waals surface area contributed by atoms with E-state index in [1.54, 1.807) is 32.2 Å². The molecule has 1 heterocycles. The number of benzene rings is 1. The van der Waals surface area contributed by atoms with Crippen LogP contribution in [0, 0.1) is 13.8 Å². The first-order valence-corrected chi connectivity index (χ1v) is 7.66. The van der Waals surface area contributed by atoms with Crippen molar-refractivity contribution in [3.63, 3.8) is 0 Å². The minimum absolute atomic E-state index is 0.0903. The van der Waals surface area contributed by atoms with E-state index in [0.717, 1.165) is 11.1 Å². The van der Waals surface area contributed by atoms with Crippen LogP contribution in [0.3, 0.4) is 0 Å². The Bertz CT molecular complexity index is 740. The molecule has 20 heavy (non-hydrogen) atoms. The molecule has 0 aliphatic heterocycles. The summed E-state index contributed by atoms with van der Waals surface area (Å²) in [6.07, 6.45) is 1.56. The Kier molecular flexibility index (Phi) is 3.87. The molecule has 2 aromatic rings. The minimum Gasteiger partial charge on any atom is -0.399 e. The first-order valence-electron chi connectivity index (χ1n) is 5.80. The summed E-state index contributed by atoms with van der Waals surface area (Å²) in [4.78, 5) is 4.00. The van der Waals surface area contributed by atoms with Gasteiger partial charge in [-0.1, -0.05) is 11.6 Å². The molecule has 0 unspecified atom stereocenters. The van der Waals surface area contributed by atoms with E-state index >= 15 is 0 Å². The number of pyridine rings is 1. The summed E-state index contributed by atoms with van der Waals surface area (Å²) in [5.74, 6) is 0. The number of nitrogens with zero attached hydrogens (tertiary/aromatic N) is 1. The topological polar surface area (TPSA) is 85.1 Å². The van der Waals surface area contributed by atoms with Gasteiger partial charge < -0.3 is 5.73 Å². The van der Waals surface area contributed by atoms with Gasteiger partial charge in [0, 0.05) is 11.9 Å². The van der Waals surface area contributed by atoms with Crippen molar-refractivity contribution in [1.82, 2.24) is 4.98 Å². The maximum absolute atomic E-state index is 12.3. The van der Waals surface area contributed by atoms with Crippen LogP contribution in [-0.2, 0) is 10.0 Å². The first kappa shape index (κ1) is 14.6. The summed E-state index contributed by atoms with van der Waals surface area (Å²) in [6.45, 7) is 3.57. The molecule has 0 amide bonds. The zero-order valence-corrected chi connectivity index (χ0v) is 12.6. The third-order valence-electron chi connectivity index (χ3n) is 2.60. The van der Waals surface area contributed by atoms with Crippen molar-refractivity contribution < 1.29 is 8.42 Å². The van der Waals surface area contributed by atoms with Crippen molar-refractivity contribution in [1.29, 1.82) is 0 Å². The van der Waals surface area contributed by atoms with Crippen molar-refractivity contribution >= 4 is 33.0 Å². The lowest BCUT2D eigenvalue weighted by molar-refractivity contribution is 0.601. The number of rotatable bonds is 3. The lowest BCUT2D eigenvalue weighted by atomic mass is 10.2. The minimum atomic E-state index is -3.75. The van der Waals surface area contributed by atoms with Crippen LogP contribution in [0.15, 0.2) is 35.4 Å². The Balaban J connectivity index is 2.43. The van der Waals surface area contributed by atoms with Crippen LogP contribution in [0.5, 0.6) is 0 Å². The summed E-state index contributed by atoms with van der Waals surface area (Å²) >= 11 is 5.89. The Hall–Kier alpha value is -1.79. The summed E-state index contributed by atoms with van der Waals surface area (Å²) < 4.78 is 27.1. The van der Waals surface area contributed by atoms with E-state index in [-0.39, 0.29) is 15.7 Å². The van der Waals surface area contributed by atoms with Crippen molar-refractivity contribution in [3.8, 4) is 0 Å². The second kappa shape index (κ2) is 5.30. The molecule has 0 bridgehead atoms. The number of nitrogen functional groups attached to an aromatic ring is 1. The number of hydrogen-bond acceptors (Lipinski definition) is 4. The molecule has 2 rings (SSSR count). The van der Waals surface area contributed by atoms with Gasteiger partial charge in [-0.15, -0.1) is 0 Å². The number of nitrogens with two attached hydrogens (primary N) is 1. The molecule has 0 atom stereocenters. The van der Waals surface area contributed by atoms with Gasteiger partial charge in [0.15, 0.2) is 5.15 Å². The number of halogens is 1. The van der Waals surface area contributed by atoms with Crippen LogP contribution in [0.2, 0.25) is 5.15 Å². The molecule has 0 aliphatic carbocycles. The second-order valence-corrected chi connectivity index (χ2v) is 6.58. The number of hydrogen-bond donors (Lipinski definition) is 2. The predicted molar refractivity (Wildman–Crippen MR) is 80.4 cm³/mol. The normalized spacial score (nSPS) is 11.3. The van der Waals surface area contributed by atoms with Crippen LogP contribution in [-0.4, -0.2) is 13.4 Å². The van der Waals surface area contributed by atoms with Crippen molar-refractivity contribution in [2.45, 2.75) is 18.7 Å². The third kappa shape index (κ3) is 3.20. The van der Waals surface area contributed by atoms with Crippen LogP contribution in [0.1, 0.15) is 11.1 Å². The summed E-state index contributed by atoms with van der Waals surface area (Å²) in [5.41, 5.74) is 7.87. The zero-order chi connectivity index (χ0) is 14.9. The number of nitrogens with one attached hydrogen (secondary N) is 1. The Morgan fingerprint density at radius 3 is 2.50 bits per heavy atom. The van der Waals surface area contributed by atoms with E-state index in [9.17, 15) is 8.42 Å². The number of aryl methyl sites for hydroxylation is 2. The highest BCUT2D eigenvalue weighted by atomic mass is 35.5. The molecule has 5 nitrogen and oxygen atoms in total. The highest BCUT2D eigenvalue weighted by Gasteiger charge is 2.17. The second-order valence-electron chi connectivity index (χ2n) is 4.54. The van der Waals surface area contributed by atoms with E-state index < -0.39 is 10.0 Å². The molecule has 0 aliphatic rings. The Morgan fingerprint density at radius 2 is 1.85 bits per heavy atom. The average Bonchev–Trinajstić information content (AvgIpc) is 2.32. The van der Waals surface area contributed by atoms with E-state index in [1.165, 1.54) is 12.1 Å².